The van der Waals surface area contributed by atoms with Crippen molar-refractivity contribution in [3.05, 3.63) is 15.4 Å². The van der Waals surface area contributed by atoms with Gasteiger partial charge < -0.3 is 5.73 Å². The molecule has 0 radical (unpaired) electrons. The molecule has 1 fully saturated rings. The highest BCUT2D eigenvalue weighted by Crippen LogP contribution is 2.35. The highest BCUT2D eigenvalue weighted by atomic mass is 79.9. The lowest BCUT2D eigenvalue weighted by Gasteiger charge is -2.28. The highest BCUT2D eigenvalue weighted by molar-refractivity contribution is 9.11. The molecule has 0 bridgehead atoms. The first-order valence-corrected chi connectivity index (χ1v) is 9.37. The minimum Gasteiger partial charge on any atom is -0.392 e. The van der Waals surface area contributed by atoms with Crippen molar-refractivity contribution in [2.75, 3.05) is 0 Å². The second kappa shape index (κ2) is 5.40. The van der Waals surface area contributed by atoms with E-state index in [1.807, 2.05) is 6.92 Å². The third kappa shape index (κ3) is 3.02. The molecule has 0 amide bonds. The van der Waals surface area contributed by atoms with Crippen molar-refractivity contribution in [2.45, 2.75) is 42.4 Å². The van der Waals surface area contributed by atoms with Crippen molar-refractivity contribution in [1.82, 2.24) is 4.72 Å². The Labute approximate surface area is 130 Å². The van der Waals surface area contributed by atoms with Crippen LogP contribution < -0.4 is 10.5 Å². The summed E-state index contributed by atoms with van der Waals surface area (Å²) in [4.78, 5) is 0.237. The van der Waals surface area contributed by atoms with E-state index >= 15 is 0 Å². The molecule has 3 N–H and O–H groups in total. The Morgan fingerprint density at radius 1 is 1.53 bits per heavy atom. The van der Waals surface area contributed by atoms with E-state index in [1.54, 1.807) is 6.07 Å². The van der Waals surface area contributed by atoms with Crippen LogP contribution in [0.25, 0.3) is 0 Å². The Morgan fingerprint density at radius 3 is 2.53 bits per heavy atom. The van der Waals surface area contributed by atoms with Gasteiger partial charge in [0.1, 0.15) is 4.21 Å². The minimum absolute atomic E-state index is 0.237. The number of rotatable bonds is 4. The maximum atomic E-state index is 12.4. The van der Waals surface area contributed by atoms with Crippen molar-refractivity contribution in [3.63, 3.8) is 0 Å². The number of thiocarbonyl (C=S) groups is 1. The third-order valence-electron chi connectivity index (χ3n) is 3.36. The number of nitrogens with one attached hydrogen (secondary N) is 1. The molecule has 8 heteroatoms. The van der Waals surface area contributed by atoms with Gasteiger partial charge in [0, 0.05) is 0 Å². The topological polar surface area (TPSA) is 72.2 Å². The van der Waals surface area contributed by atoms with E-state index in [1.165, 1.54) is 11.3 Å². The molecule has 2 rings (SSSR count). The second-order valence-electron chi connectivity index (χ2n) is 4.78. The van der Waals surface area contributed by atoms with Gasteiger partial charge in [0.05, 0.1) is 14.3 Å². The highest BCUT2D eigenvalue weighted by Gasteiger charge is 2.41. The molecule has 0 atom stereocenters. The van der Waals surface area contributed by atoms with Crippen LogP contribution in [-0.4, -0.2) is 18.9 Å². The fraction of sp³-hybridized carbons (Fsp3) is 0.545. The molecule has 0 saturated heterocycles. The number of nitrogens with two attached hydrogens (primary N) is 1. The molecule has 1 saturated carbocycles. The summed E-state index contributed by atoms with van der Waals surface area (Å²) in [6, 6.07) is 1.65. The lowest BCUT2D eigenvalue weighted by atomic mass is 10.00. The van der Waals surface area contributed by atoms with Gasteiger partial charge in [-0.05, 0) is 47.3 Å². The van der Waals surface area contributed by atoms with Crippen molar-refractivity contribution in [3.8, 4) is 0 Å². The molecular weight excluding hydrogens is 368 g/mol. The van der Waals surface area contributed by atoms with Gasteiger partial charge in [0.2, 0.25) is 0 Å². The fourth-order valence-corrected chi connectivity index (χ4v) is 6.23. The first-order valence-electron chi connectivity index (χ1n) is 5.87. The zero-order valence-corrected chi connectivity index (χ0v) is 14.4. The third-order valence-corrected chi connectivity index (χ3v) is 7.90. The zero-order chi connectivity index (χ0) is 14.3. The van der Waals surface area contributed by atoms with Crippen LogP contribution in [0.15, 0.2) is 14.1 Å². The average molecular weight is 383 g/mol. The molecule has 106 valence electrons. The van der Waals surface area contributed by atoms with Gasteiger partial charge in [-0.1, -0.05) is 25.1 Å². The van der Waals surface area contributed by atoms with E-state index in [2.05, 4.69) is 20.7 Å². The van der Waals surface area contributed by atoms with Crippen LogP contribution in [0.3, 0.4) is 0 Å². The van der Waals surface area contributed by atoms with Crippen LogP contribution in [0.5, 0.6) is 0 Å². The van der Waals surface area contributed by atoms with Gasteiger partial charge in [-0.3, -0.25) is 0 Å². The lowest BCUT2D eigenvalue weighted by molar-refractivity contribution is 0.504. The molecule has 0 unspecified atom stereocenters. The van der Waals surface area contributed by atoms with E-state index in [9.17, 15) is 8.42 Å². The maximum absolute atomic E-state index is 12.4. The molecule has 1 aliphatic rings. The summed E-state index contributed by atoms with van der Waals surface area (Å²) >= 11 is 9.60. The lowest BCUT2D eigenvalue weighted by Crippen LogP contribution is -2.54. The number of halogens is 1. The molecule has 19 heavy (non-hydrogen) atoms. The molecule has 0 aliphatic heterocycles. The molecule has 4 nitrogen and oxygen atoms in total. The molecule has 1 aromatic rings. The quantitative estimate of drug-likeness (QED) is 0.785. The van der Waals surface area contributed by atoms with Gasteiger partial charge in [0.25, 0.3) is 10.0 Å². The summed E-state index contributed by atoms with van der Waals surface area (Å²) < 4.78 is 28.7. The Hall–Kier alpha value is -0.0200. The van der Waals surface area contributed by atoms with Crippen LogP contribution in [-0.2, 0) is 10.0 Å². The van der Waals surface area contributed by atoms with Gasteiger partial charge in [0.15, 0.2) is 0 Å². The Morgan fingerprint density at radius 2 is 2.11 bits per heavy atom. The van der Waals surface area contributed by atoms with Crippen LogP contribution in [0.1, 0.15) is 31.2 Å². The molecule has 0 aromatic carbocycles. The van der Waals surface area contributed by atoms with Crippen LogP contribution in [0.2, 0.25) is 0 Å². The normalized spacial score (nSPS) is 18.6. The predicted octanol–water partition coefficient (Wildman–Crippen LogP) is 2.70. The van der Waals surface area contributed by atoms with Gasteiger partial charge in [-0.15, -0.1) is 11.3 Å². The zero-order valence-electron chi connectivity index (χ0n) is 10.4. The van der Waals surface area contributed by atoms with E-state index in [0.29, 0.717) is 17.1 Å². The van der Waals surface area contributed by atoms with Gasteiger partial charge in [-0.25, -0.2) is 8.42 Å². The van der Waals surface area contributed by atoms with Crippen molar-refractivity contribution >= 4 is 54.5 Å². The monoisotopic (exact) mass is 382 g/mol. The summed E-state index contributed by atoms with van der Waals surface area (Å²) in [6.45, 7) is 1.86. The Balaban J connectivity index is 2.33. The Bertz CT molecular complexity index is 584. The summed E-state index contributed by atoms with van der Waals surface area (Å²) in [5.41, 5.74) is 5.90. The molecule has 1 aliphatic carbocycles. The summed E-state index contributed by atoms with van der Waals surface area (Å²) in [7, 11) is -3.58. The average Bonchev–Trinajstić information content (AvgIpc) is 2.88. The predicted molar refractivity (Wildman–Crippen MR) is 85.1 cm³/mol. The molecule has 0 spiro atoms. The smallest absolute Gasteiger partial charge is 0.250 e. The number of hydrogen-bond acceptors (Lipinski definition) is 4. The molecular formula is C11H15BrN2O2S3. The standard InChI is InChI=1S/C11H15BrN2O2S3/c1-7-6-8(18-9(7)12)19(15,16)14-11(10(13)17)4-2-3-5-11/h6,14H,2-5H2,1H3,(H2,13,17). The second-order valence-corrected chi connectivity index (χ2v) is 9.50. The van der Waals surface area contributed by atoms with Crippen LogP contribution in [0, 0.1) is 6.92 Å². The fourth-order valence-electron chi connectivity index (χ4n) is 2.25. The summed E-state index contributed by atoms with van der Waals surface area (Å²) in [5.74, 6) is 0. The number of sulfonamides is 1. The summed E-state index contributed by atoms with van der Waals surface area (Å²) in [6.07, 6.45) is 3.22. The van der Waals surface area contributed by atoms with E-state index in [0.717, 1.165) is 22.2 Å². The number of thiophene rings is 1. The van der Waals surface area contributed by atoms with Crippen molar-refractivity contribution < 1.29 is 8.42 Å². The Kier molecular flexibility index (Phi) is 4.37. The summed E-state index contributed by atoms with van der Waals surface area (Å²) in [5, 5.41) is 0. The number of hydrogen-bond donors (Lipinski definition) is 2. The number of aryl methyl sites for hydroxylation is 1. The largest absolute Gasteiger partial charge is 0.392 e. The SMILES string of the molecule is Cc1cc(S(=O)(=O)NC2(C(N)=S)CCCC2)sc1Br. The van der Waals surface area contributed by atoms with E-state index in [-0.39, 0.29) is 4.99 Å². The van der Waals surface area contributed by atoms with Crippen LogP contribution >= 0.6 is 39.5 Å². The van der Waals surface area contributed by atoms with Crippen LogP contribution in [0.4, 0.5) is 0 Å². The minimum atomic E-state index is -3.58. The van der Waals surface area contributed by atoms with Gasteiger partial charge in [-0.2, -0.15) is 4.72 Å². The van der Waals surface area contributed by atoms with E-state index < -0.39 is 15.6 Å². The first-order chi connectivity index (χ1) is 8.77. The molecule has 1 aromatic heterocycles. The van der Waals surface area contributed by atoms with Gasteiger partial charge >= 0.3 is 0 Å². The molecule has 1 heterocycles. The maximum Gasteiger partial charge on any atom is 0.250 e. The van der Waals surface area contributed by atoms with Crippen molar-refractivity contribution in [2.24, 2.45) is 5.73 Å². The first kappa shape index (κ1) is 15.4. The van der Waals surface area contributed by atoms with Crippen molar-refractivity contribution in [1.29, 1.82) is 0 Å². The van der Waals surface area contributed by atoms with E-state index in [4.69, 9.17) is 18.0 Å².